The zero-order valence-electron chi connectivity index (χ0n) is 11.2. The number of Topliss-reactive ketones (excluding diaryl/α,β-unsaturated/α-hetero) is 1. The molecule has 1 aromatic carbocycles. The molecule has 2 aromatic rings. The van der Waals surface area contributed by atoms with Gasteiger partial charge in [0.1, 0.15) is 5.82 Å². The van der Waals surface area contributed by atoms with E-state index >= 15 is 0 Å². The molecule has 0 N–H and O–H groups in total. The third-order valence-electron chi connectivity index (χ3n) is 2.85. The van der Waals surface area contributed by atoms with Crippen LogP contribution in [0.2, 0.25) is 0 Å². The fourth-order valence-electron chi connectivity index (χ4n) is 1.84. The molecule has 0 radical (unpaired) electrons. The maximum atomic E-state index is 12.0. The van der Waals surface area contributed by atoms with Crippen LogP contribution in [0.3, 0.4) is 0 Å². The molecule has 0 aliphatic rings. The molecule has 0 saturated heterocycles. The summed E-state index contributed by atoms with van der Waals surface area (Å²) in [5.74, 6) is 1.48. The number of hydrogen-bond donors (Lipinski definition) is 0. The molecule has 0 spiro atoms. The van der Waals surface area contributed by atoms with Crippen LogP contribution in [0.1, 0.15) is 30.0 Å². The maximum Gasteiger partial charge on any atom is 0.191 e. The lowest BCUT2D eigenvalue weighted by atomic mass is 10.2. The van der Waals surface area contributed by atoms with Crippen molar-refractivity contribution in [2.75, 3.05) is 5.75 Å². The molecule has 0 bridgehead atoms. The fraction of sp³-hybridized carbons (Fsp3) is 0.357. The quantitative estimate of drug-likeness (QED) is 0.601. The summed E-state index contributed by atoms with van der Waals surface area (Å²) in [7, 11) is 0. The number of ketones is 1. The highest BCUT2D eigenvalue weighted by Gasteiger charge is 2.12. The topological polar surface area (TPSA) is 47.8 Å². The van der Waals surface area contributed by atoms with Gasteiger partial charge < -0.3 is 4.57 Å². The first-order valence-corrected chi connectivity index (χ1v) is 7.38. The van der Waals surface area contributed by atoms with Gasteiger partial charge in [0, 0.05) is 18.5 Å². The van der Waals surface area contributed by atoms with Gasteiger partial charge in [0.05, 0.1) is 5.75 Å². The fourth-order valence-corrected chi connectivity index (χ4v) is 2.76. The molecule has 5 heteroatoms. The normalized spacial score (nSPS) is 10.6. The molecule has 2 rings (SSSR count). The number of benzene rings is 1. The number of carbonyl (C=O) groups excluding carboxylic acids is 1. The lowest BCUT2D eigenvalue weighted by molar-refractivity contribution is 0.102. The highest BCUT2D eigenvalue weighted by atomic mass is 32.2. The molecular formula is C14H17N3OS. The number of aryl methyl sites for hydroxylation is 1. The monoisotopic (exact) mass is 275 g/mol. The first kappa shape index (κ1) is 13.8. The standard InChI is InChI=1S/C14H17N3OS/c1-3-13-15-16-14(17(13)4-2)19-10-12(18)11-8-6-5-7-9-11/h5-9H,3-4,10H2,1-2H3. The Morgan fingerprint density at radius 3 is 2.58 bits per heavy atom. The predicted octanol–water partition coefficient (Wildman–Crippen LogP) is 2.84. The van der Waals surface area contributed by atoms with Gasteiger partial charge in [-0.3, -0.25) is 4.79 Å². The summed E-state index contributed by atoms with van der Waals surface area (Å²) in [5.41, 5.74) is 0.744. The van der Waals surface area contributed by atoms with Crippen molar-refractivity contribution in [3.63, 3.8) is 0 Å². The van der Waals surface area contributed by atoms with Gasteiger partial charge >= 0.3 is 0 Å². The van der Waals surface area contributed by atoms with E-state index in [0.717, 1.165) is 29.5 Å². The molecule has 0 aliphatic carbocycles. The zero-order chi connectivity index (χ0) is 13.7. The summed E-state index contributed by atoms with van der Waals surface area (Å²) in [4.78, 5) is 12.0. The van der Waals surface area contributed by atoms with Gasteiger partial charge in [-0.1, -0.05) is 49.0 Å². The van der Waals surface area contributed by atoms with Crippen molar-refractivity contribution in [2.45, 2.75) is 32.0 Å². The summed E-state index contributed by atoms with van der Waals surface area (Å²) in [6, 6.07) is 9.34. The predicted molar refractivity (Wildman–Crippen MR) is 76.6 cm³/mol. The second-order valence-corrected chi connectivity index (χ2v) is 5.02. The van der Waals surface area contributed by atoms with Gasteiger partial charge in [-0.25, -0.2) is 0 Å². The van der Waals surface area contributed by atoms with E-state index in [9.17, 15) is 4.79 Å². The number of carbonyl (C=O) groups is 1. The molecule has 0 unspecified atom stereocenters. The lowest BCUT2D eigenvalue weighted by Crippen LogP contribution is -2.05. The Morgan fingerprint density at radius 2 is 1.95 bits per heavy atom. The van der Waals surface area contributed by atoms with Gasteiger partial charge in [0.25, 0.3) is 0 Å². The van der Waals surface area contributed by atoms with E-state index in [2.05, 4.69) is 28.6 Å². The van der Waals surface area contributed by atoms with Crippen LogP contribution in [0.4, 0.5) is 0 Å². The van der Waals surface area contributed by atoms with E-state index in [0.29, 0.717) is 5.75 Å². The molecule has 19 heavy (non-hydrogen) atoms. The molecule has 100 valence electrons. The first-order chi connectivity index (χ1) is 9.26. The summed E-state index contributed by atoms with van der Waals surface area (Å²) in [6.45, 7) is 4.95. The number of aromatic nitrogens is 3. The van der Waals surface area contributed by atoms with Crippen LogP contribution in [0.5, 0.6) is 0 Å². The molecular weight excluding hydrogens is 258 g/mol. The van der Waals surface area contributed by atoms with Crippen molar-refractivity contribution in [3.05, 3.63) is 41.7 Å². The summed E-state index contributed by atoms with van der Waals surface area (Å²) in [5, 5.41) is 9.11. The van der Waals surface area contributed by atoms with Crippen molar-refractivity contribution >= 4 is 17.5 Å². The van der Waals surface area contributed by atoms with Crippen LogP contribution in [0, 0.1) is 0 Å². The zero-order valence-corrected chi connectivity index (χ0v) is 12.0. The van der Waals surface area contributed by atoms with Crippen LogP contribution in [-0.2, 0) is 13.0 Å². The van der Waals surface area contributed by atoms with Gasteiger partial charge in [-0.2, -0.15) is 0 Å². The Morgan fingerprint density at radius 1 is 1.21 bits per heavy atom. The Bertz CT molecular complexity index is 551. The third kappa shape index (κ3) is 3.23. The summed E-state index contributed by atoms with van der Waals surface area (Å²) in [6.07, 6.45) is 0.855. The number of rotatable bonds is 6. The molecule has 1 heterocycles. The van der Waals surface area contributed by atoms with Gasteiger partial charge in [-0.05, 0) is 6.92 Å². The summed E-state index contributed by atoms with van der Waals surface area (Å²) >= 11 is 1.45. The second kappa shape index (κ2) is 6.52. The summed E-state index contributed by atoms with van der Waals surface area (Å²) < 4.78 is 2.06. The second-order valence-electron chi connectivity index (χ2n) is 4.07. The van der Waals surface area contributed by atoms with Crippen molar-refractivity contribution < 1.29 is 4.79 Å². The van der Waals surface area contributed by atoms with Gasteiger partial charge in [0.15, 0.2) is 10.9 Å². The first-order valence-electron chi connectivity index (χ1n) is 6.39. The maximum absolute atomic E-state index is 12.0. The van der Waals surface area contributed by atoms with E-state index in [1.54, 1.807) is 0 Å². The van der Waals surface area contributed by atoms with Crippen LogP contribution < -0.4 is 0 Å². The minimum Gasteiger partial charge on any atom is -0.306 e. The SMILES string of the molecule is CCc1nnc(SCC(=O)c2ccccc2)n1CC. The van der Waals surface area contributed by atoms with E-state index in [1.165, 1.54) is 11.8 Å². The molecule has 4 nitrogen and oxygen atoms in total. The molecule has 1 aromatic heterocycles. The van der Waals surface area contributed by atoms with E-state index in [-0.39, 0.29) is 5.78 Å². The van der Waals surface area contributed by atoms with Crippen LogP contribution in [-0.4, -0.2) is 26.3 Å². The molecule has 0 amide bonds. The largest absolute Gasteiger partial charge is 0.306 e. The van der Waals surface area contributed by atoms with Crippen LogP contribution >= 0.6 is 11.8 Å². The smallest absolute Gasteiger partial charge is 0.191 e. The van der Waals surface area contributed by atoms with E-state index in [1.807, 2.05) is 30.3 Å². The number of nitrogens with zero attached hydrogens (tertiary/aromatic N) is 3. The van der Waals surface area contributed by atoms with Crippen molar-refractivity contribution in [2.24, 2.45) is 0 Å². The third-order valence-corrected chi connectivity index (χ3v) is 3.82. The Hall–Kier alpha value is -1.62. The minimum atomic E-state index is 0.120. The highest BCUT2D eigenvalue weighted by molar-refractivity contribution is 7.99. The Labute approximate surface area is 117 Å². The van der Waals surface area contributed by atoms with Crippen LogP contribution in [0.15, 0.2) is 35.5 Å². The Balaban J connectivity index is 2.03. The average Bonchev–Trinajstić information content (AvgIpc) is 2.87. The number of hydrogen-bond acceptors (Lipinski definition) is 4. The molecule has 0 atom stereocenters. The lowest BCUT2D eigenvalue weighted by Gasteiger charge is -2.05. The van der Waals surface area contributed by atoms with Gasteiger partial charge in [0.2, 0.25) is 0 Å². The number of thioether (sulfide) groups is 1. The van der Waals surface area contributed by atoms with Crippen molar-refractivity contribution in [1.82, 2.24) is 14.8 Å². The minimum absolute atomic E-state index is 0.120. The Kier molecular flexibility index (Phi) is 4.74. The van der Waals surface area contributed by atoms with Crippen molar-refractivity contribution in [3.8, 4) is 0 Å². The molecule has 0 saturated carbocycles. The van der Waals surface area contributed by atoms with Gasteiger partial charge in [-0.15, -0.1) is 10.2 Å². The average molecular weight is 275 g/mol. The van der Waals surface area contributed by atoms with Crippen molar-refractivity contribution in [1.29, 1.82) is 0 Å². The van der Waals surface area contributed by atoms with Crippen LogP contribution in [0.25, 0.3) is 0 Å². The van der Waals surface area contributed by atoms with E-state index < -0.39 is 0 Å². The highest BCUT2D eigenvalue weighted by Crippen LogP contribution is 2.18. The molecule has 0 aliphatic heterocycles. The molecule has 0 fully saturated rings. The van der Waals surface area contributed by atoms with E-state index in [4.69, 9.17) is 0 Å².